The molecule has 0 unspecified atom stereocenters. The fourth-order valence-corrected chi connectivity index (χ4v) is 1.91. The average Bonchev–Trinajstić information content (AvgIpc) is 2.27. The Kier molecular flexibility index (Phi) is 5.48. The van der Waals surface area contributed by atoms with Crippen molar-refractivity contribution in [2.45, 2.75) is 25.4 Å². The highest BCUT2D eigenvalue weighted by Crippen LogP contribution is 2.33. The molecule has 0 saturated carbocycles. The Hall–Kier alpha value is -1.22. The molecule has 18 heavy (non-hydrogen) atoms. The number of nitriles is 1. The highest BCUT2D eigenvalue weighted by molar-refractivity contribution is 9.10. The third-order valence-electron chi connectivity index (χ3n) is 2.27. The molecule has 0 aliphatic carbocycles. The van der Waals surface area contributed by atoms with Crippen molar-refractivity contribution in [2.75, 3.05) is 11.9 Å². The van der Waals surface area contributed by atoms with E-state index in [4.69, 9.17) is 5.26 Å². The second kappa shape index (κ2) is 6.64. The van der Waals surface area contributed by atoms with Gasteiger partial charge in [-0.3, -0.25) is 0 Å². The van der Waals surface area contributed by atoms with E-state index >= 15 is 0 Å². The maximum Gasteiger partial charge on any atom is 0.416 e. The Bertz CT molecular complexity index is 438. The number of rotatable bonds is 5. The summed E-state index contributed by atoms with van der Waals surface area (Å²) in [5.41, 5.74) is -0.259. The van der Waals surface area contributed by atoms with Gasteiger partial charge in [0, 0.05) is 23.1 Å². The largest absolute Gasteiger partial charge is 0.416 e. The Morgan fingerprint density at radius 1 is 1.22 bits per heavy atom. The molecular formula is C12H12BrF3N2. The molecule has 1 aromatic rings. The van der Waals surface area contributed by atoms with Crippen molar-refractivity contribution in [2.24, 2.45) is 0 Å². The Morgan fingerprint density at radius 3 is 2.56 bits per heavy atom. The lowest BCUT2D eigenvalue weighted by Gasteiger charge is -2.11. The lowest BCUT2D eigenvalue weighted by atomic mass is 10.2. The van der Waals surface area contributed by atoms with Crippen molar-refractivity contribution in [1.82, 2.24) is 0 Å². The van der Waals surface area contributed by atoms with E-state index in [1.54, 1.807) is 6.07 Å². The molecule has 0 fully saturated rings. The lowest BCUT2D eigenvalue weighted by molar-refractivity contribution is -0.137. The van der Waals surface area contributed by atoms with Gasteiger partial charge >= 0.3 is 6.18 Å². The third-order valence-corrected chi connectivity index (χ3v) is 2.73. The molecule has 98 valence electrons. The van der Waals surface area contributed by atoms with E-state index in [1.807, 2.05) is 6.07 Å². The summed E-state index contributed by atoms with van der Waals surface area (Å²) in [4.78, 5) is 0. The lowest BCUT2D eigenvalue weighted by Crippen LogP contribution is -2.07. The molecule has 0 saturated heterocycles. The molecule has 0 spiro atoms. The number of nitrogens with one attached hydrogen (secondary N) is 1. The average molecular weight is 321 g/mol. The van der Waals surface area contributed by atoms with Crippen LogP contribution in [0.2, 0.25) is 0 Å². The molecular weight excluding hydrogens is 309 g/mol. The zero-order chi connectivity index (χ0) is 13.6. The maximum atomic E-state index is 12.6. The summed E-state index contributed by atoms with van der Waals surface area (Å²) in [5.74, 6) is 0. The van der Waals surface area contributed by atoms with Gasteiger partial charge in [0.1, 0.15) is 0 Å². The van der Waals surface area contributed by atoms with Crippen LogP contribution in [0.15, 0.2) is 22.7 Å². The van der Waals surface area contributed by atoms with E-state index in [0.29, 0.717) is 23.1 Å². The van der Waals surface area contributed by atoms with Crippen molar-refractivity contribution in [3.63, 3.8) is 0 Å². The summed E-state index contributed by atoms with van der Waals surface area (Å²) in [5, 5.41) is 11.3. The second-order valence-corrected chi connectivity index (χ2v) is 4.68. The molecule has 0 aliphatic heterocycles. The van der Waals surface area contributed by atoms with Gasteiger partial charge in [0.05, 0.1) is 11.6 Å². The summed E-state index contributed by atoms with van der Waals surface area (Å²) in [6.45, 7) is 0.551. The predicted molar refractivity (Wildman–Crippen MR) is 67.1 cm³/mol. The topological polar surface area (TPSA) is 35.8 Å². The molecule has 2 nitrogen and oxygen atoms in total. The number of alkyl halides is 3. The summed E-state index contributed by atoms with van der Waals surface area (Å²) in [6, 6.07) is 5.74. The monoisotopic (exact) mass is 320 g/mol. The van der Waals surface area contributed by atoms with Crippen molar-refractivity contribution >= 4 is 21.6 Å². The molecule has 6 heteroatoms. The molecule has 0 heterocycles. The zero-order valence-corrected chi connectivity index (χ0v) is 11.1. The minimum atomic E-state index is -4.35. The van der Waals surface area contributed by atoms with Gasteiger partial charge in [0.15, 0.2) is 0 Å². The number of hydrogen-bond acceptors (Lipinski definition) is 2. The summed E-state index contributed by atoms with van der Waals surface area (Å²) >= 11 is 3.06. The third kappa shape index (κ3) is 4.96. The normalized spacial score (nSPS) is 11.1. The Morgan fingerprint density at radius 2 is 1.94 bits per heavy atom. The van der Waals surface area contributed by atoms with Gasteiger partial charge in [-0.25, -0.2) is 0 Å². The van der Waals surface area contributed by atoms with Crippen LogP contribution in [-0.4, -0.2) is 6.54 Å². The van der Waals surface area contributed by atoms with Crippen molar-refractivity contribution in [1.29, 1.82) is 5.26 Å². The molecule has 1 N–H and O–H groups in total. The molecule has 0 atom stereocenters. The van der Waals surface area contributed by atoms with Crippen molar-refractivity contribution in [3.8, 4) is 6.07 Å². The van der Waals surface area contributed by atoms with E-state index in [9.17, 15) is 13.2 Å². The van der Waals surface area contributed by atoms with Crippen LogP contribution < -0.4 is 5.32 Å². The molecule has 0 bridgehead atoms. The van der Waals surface area contributed by atoms with Crippen LogP contribution in [0.3, 0.4) is 0 Å². The van der Waals surface area contributed by atoms with Crippen LogP contribution in [0.4, 0.5) is 18.9 Å². The summed E-state index contributed by atoms with van der Waals surface area (Å²) < 4.78 is 38.0. The van der Waals surface area contributed by atoms with Crippen LogP contribution >= 0.6 is 15.9 Å². The Balaban J connectivity index is 2.61. The fourth-order valence-electron chi connectivity index (χ4n) is 1.42. The number of nitrogens with zero attached hydrogens (tertiary/aromatic N) is 1. The van der Waals surface area contributed by atoms with Gasteiger partial charge in [-0.15, -0.1) is 0 Å². The minimum Gasteiger partial charge on any atom is -0.385 e. The van der Waals surface area contributed by atoms with Crippen molar-refractivity contribution in [3.05, 3.63) is 28.2 Å². The van der Waals surface area contributed by atoms with Gasteiger partial charge in [-0.2, -0.15) is 18.4 Å². The second-order valence-electron chi connectivity index (χ2n) is 3.77. The van der Waals surface area contributed by atoms with Crippen LogP contribution in [0.1, 0.15) is 24.8 Å². The number of hydrogen-bond donors (Lipinski definition) is 1. The quantitative estimate of drug-likeness (QED) is 0.806. The molecule has 0 radical (unpaired) electrons. The maximum absolute atomic E-state index is 12.6. The van der Waals surface area contributed by atoms with E-state index in [2.05, 4.69) is 21.2 Å². The minimum absolute atomic E-state index is 0.386. The molecule has 1 rings (SSSR count). The van der Waals surface area contributed by atoms with E-state index < -0.39 is 11.7 Å². The SMILES string of the molecule is N#CCCCCNc1cc(Br)cc(C(F)(F)F)c1. The zero-order valence-electron chi connectivity index (χ0n) is 9.52. The number of unbranched alkanes of at least 4 members (excludes halogenated alkanes) is 2. The van der Waals surface area contributed by atoms with E-state index in [1.165, 1.54) is 0 Å². The van der Waals surface area contributed by atoms with E-state index in [-0.39, 0.29) is 0 Å². The number of halogens is 4. The van der Waals surface area contributed by atoms with Crippen LogP contribution in [0.25, 0.3) is 0 Å². The van der Waals surface area contributed by atoms with Gasteiger partial charge in [0.25, 0.3) is 0 Å². The van der Waals surface area contributed by atoms with Gasteiger partial charge in [-0.05, 0) is 31.0 Å². The van der Waals surface area contributed by atoms with Gasteiger partial charge < -0.3 is 5.32 Å². The van der Waals surface area contributed by atoms with Crippen LogP contribution in [-0.2, 0) is 6.18 Å². The van der Waals surface area contributed by atoms with Crippen LogP contribution in [0, 0.1) is 11.3 Å². The summed E-state index contributed by atoms with van der Waals surface area (Å²) in [6.07, 6.45) is -2.39. The molecule has 0 aromatic heterocycles. The van der Waals surface area contributed by atoms with Gasteiger partial charge in [0.2, 0.25) is 0 Å². The Labute approximate surface area is 112 Å². The first-order valence-electron chi connectivity index (χ1n) is 5.42. The first-order chi connectivity index (χ1) is 8.43. The summed E-state index contributed by atoms with van der Waals surface area (Å²) in [7, 11) is 0. The fraction of sp³-hybridized carbons (Fsp3) is 0.417. The molecule has 0 amide bonds. The number of benzene rings is 1. The van der Waals surface area contributed by atoms with E-state index in [0.717, 1.165) is 25.0 Å². The van der Waals surface area contributed by atoms with Gasteiger partial charge in [-0.1, -0.05) is 15.9 Å². The molecule has 1 aromatic carbocycles. The standard InChI is InChI=1S/C12H12BrF3N2/c13-10-6-9(12(14,15)16)7-11(8-10)18-5-3-1-2-4-17/h6-8,18H,1-3,5H2. The number of anilines is 1. The first-order valence-corrected chi connectivity index (χ1v) is 6.21. The smallest absolute Gasteiger partial charge is 0.385 e. The highest BCUT2D eigenvalue weighted by atomic mass is 79.9. The highest BCUT2D eigenvalue weighted by Gasteiger charge is 2.31. The van der Waals surface area contributed by atoms with Crippen molar-refractivity contribution < 1.29 is 13.2 Å². The van der Waals surface area contributed by atoms with Crippen LogP contribution in [0.5, 0.6) is 0 Å². The molecule has 0 aliphatic rings. The first kappa shape index (κ1) is 14.8. The predicted octanol–water partition coefficient (Wildman–Crippen LogP) is 4.57.